The molecular formula is C18H15ClN4OS. The van der Waals surface area contributed by atoms with Gasteiger partial charge in [-0.15, -0.1) is 11.3 Å². The zero-order valence-corrected chi connectivity index (χ0v) is 15.5. The normalized spacial score (nSPS) is 11.4. The predicted octanol–water partition coefficient (Wildman–Crippen LogP) is 4.02. The van der Waals surface area contributed by atoms with E-state index in [0.717, 1.165) is 27.2 Å². The summed E-state index contributed by atoms with van der Waals surface area (Å²) in [5, 5.41) is 1.56. The van der Waals surface area contributed by atoms with Crippen LogP contribution >= 0.6 is 22.9 Å². The van der Waals surface area contributed by atoms with E-state index in [1.165, 1.54) is 11.3 Å². The fraction of sp³-hybridized carbons (Fsp3) is 0.167. The fourth-order valence-electron chi connectivity index (χ4n) is 2.97. The van der Waals surface area contributed by atoms with Gasteiger partial charge in [-0.2, -0.15) is 0 Å². The summed E-state index contributed by atoms with van der Waals surface area (Å²) in [7, 11) is 3.94. The van der Waals surface area contributed by atoms with Gasteiger partial charge in [0.1, 0.15) is 15.9 Å². The molecule has 0 saturated carbocycles. The number of hydrogen-bond donors (Lipinski definition) is 0. The van der Waals surface area contributed by atoms with Gasteiger partial charge in [-0.25, -0.2) is 9.97 Å². The number of anilines is 1. The molecule has 7 heteroatoms. The van der Waals surface area contributed by atoms with Crippen molar-refractivity contribution in [2.24, 2.45) is 0 Å². The van der Waals surface area contributed by atoms with Crippen molar-refractivity contribution >= 4 is 49.1 Å². The maximum atomic E-state index is 13.1. The molecule has 0 saturated heterocycles. The molecule has 0 amide bonds. The molecule has 126 valence electrons. The lowest BCUT2D eigenvalue weighted by atomic mass is 10.2. The summed E-state index contributed by atoms with van der Waals surface area (Å²) >= 11 is 7.40. The van der Waals surface area contributed by atoms with Crippen molar-refractivity contribution in [1.29, 1.82) is 0 Å². The standard InChI is InChI=1S/C18H15ClN4OS/c1-10-8-11(19)4-5-12(10)23-9-21-15-14-13(22(2)3)6-7-20-17(14)25-16(15)18(23)24/h4-9H,1-3H3. The maximum Gasteiger partial charge on any atom is 0.275 e. The predicted molar refractivity (Wildman–Crippen MR) is 105 cm³/mol. The van der Waals surface area contributed by atoms with Crippen molar-refractivity contribution in [3.8, 4) is 5.69 Å². The molecule has 4 rings (SSSR count). The van der Waals surface area contributed by atoms with Gasteiger partial charge in [-0.1, -0.05) is 11.6 Å². The van der Waals surface area contributed by atoms with Gasteiger partial charge in [0.2, 0.25) is 0 Å². The van der Waals surface area contributed by atoms with Gasteiger partial charge in [-0.3, -0.25) is 9.36 Å². The van der Waals surface area contributed by atoms with E-state index in [1.807, 2.05) is 44.1 Å². The van der Waals surface area contributed by atoms with E-state index in [-0.39, 0.29) is 5.56 Å². The average Bonchev–Trinajstić information content (AvgIpc) is 2.95. The molecule has 25 heavy (non-hydrogen) atoms. The van der Waals surface area contributed by atoms with Gasteiger partial charge < -0.3 is 4.90 Å². The molecule has 3 heterocycles. The van der Waals surface area contributed by atoms with E-state index in [1.54, 1.807) is 23.2 Å². The van der Waals surface area contributed by atoms with Crippen LogP contribution in [0.25, 0.3) is 26.1 Å². The van der Waals surface area contributed by atoms with Gasteiger partial charge in [0.05, 0.1) is 22.3 Å². The molecule has 0 bridgehead atoms. The Labute approximate surface area is 153 Å². The number of nitrogens with zero attached hydrogens (tertiary/aromatic N) is 4. The first-order valence-corrected chi connectivity index (χ1v) is 8.89. The van der Waals surface area contributed by atoms with Crippen LogP contribution < -0.4 is 10.5 Å². The van der Waals surface area contributed by atoms with E-state index in [2.05, 4.69) is 9.97 Å². The fourth-order valence-corrected chi connectivity index (χ4v) is 4.24. The van der Waals surface area contributed by atoms with E-state index < -0.39 is 0 Å². The van der Waals surface area contributed by atoms with Gasteiger partial charge in [0.25, 0.3) is 5.56 Å². The van der Waals surface area contributed by atoms with Crippen LogP contribution in [0.4, 0.5) is 5.69 Å². The Balaban J connectivity index is 2.06. The van der Waals surface area contributed by atoms with Crippen molar-refractivity contribution in [3.05, 3.63) is 57.7 Å². The molecular weight excluding hydrogens is 356 g/mol. The van der Waals surface area contributed by atoms with Crippen LogP contribution in [-0.2, 0) is 0 Å². The third-order valence-corrected chi connectivity index (χ3v) is 5.47. The molecule has 0 radical (unpaired) electrons. The second kappa shape index (κ2) is 5.82. The average molecular weight is 371 g/mol. The number of pyridine rings is 1. The van der Waals surface area contributed by atoms with Crippen LogP contribution in [-0.4, -0.2) is 28.6 Å². The van der Waals surface area contributed by atoms with Crippen molar-refractivity contribution in [2.75, 3.05) is 19.0 Å². The molecule has 5 nitrogen and oxygen atoms in total. The molecule has 0 aliphatic carbocycles. The summed E-state index contributed by atoms with van der Waals surface area (Å²) in [6.07, 6.45) is 3.34. The molecule has 1 aromatic carbocycles. The first-order chi connectivity index (χ1) is 12.0. The first kappa shape index (κ1) is 16.1. The minimum atomic E-state index is -0.0943. The lowest BCUT2D eigenvalue weighted by molar-refractivity contribution is 0.957. The van der Waals surface area contributed by atoms with Gasteiger partial charge in [-0.05, 0) is 36.8 Å². The quantitative estimate of drug-likeness (QED) is 0.534. The van der Waals surface area contributed by atoms with Crippen LogP contribution in [0.2, 0.25) is 5.02 Å². The van der Waals surface area contributed by atoms with Crippen LogP contribution in [0.3, 0.4) is 0 Å². The Morgan fingerprint density at radius 3 is 2.72 bits per heavy atom. The number of hydrogen-bond acceptors (Lipinski definition) is 5. The smallest absolute Gasteiger partial charge is 0.275 e. The molecule has 0 N–H and O–H groups in total. The van der Waals surface area contributed by atoms with Crippen molar-refractivity contribution in [3.63, 3.8) is 0 Å². The third-order valence-electron chi connectivity index (χ3n) is 4.16. The van der Waals surface area contributed by atoms with Crippen LogP contribution in [0, 0.1) is 6.92 Å². The molecule has 0 fully saturated rings. The highest BCUT2D eigenvalue weighted by molar-refractivity contribution is 7.25. The highest BCUT2D eigenvalue weighted by atomic mass is 35.5. The zero-order valence-electron chi connectivity index (χ0n) is 13.9. The summed E-state index contributed by atoms with van der Waals surface area (Å²) in [5.74, 6) is 0. The van der Waals surface area contributed by atoms with Crippen molar-refractivity contribution in [2.45, 2.75) is 6.92 Å². The highest BCUT2D eigenvalue weighted by Gasteiger charge is 2.17. The number of rotatable bonds is 2. The molecule has 0 aliphatic rings. The molecule has 4 aromatic rings. The maximum absolute atomic E-state index is 13.1. The second-order valence-electron chi connectivity index (χ2n) is 6.03. The zero-order chi connectivity index (χ0) is 17.7. The number of benzene rings is 1. The number of thiophene rings is 1. The molecule has 0 unspecified atom stereocenters. The minimum Gasteiger partial charge on any atom is -0.377 e. The summed E-state index contributed by atoms with van der Waals surface area (Å²) in [5.41, 5.74) is 3.31. The van der Waals surface area contributed by atoms with Gasteiger partial charge >= 0.3 is 0 Å². The SMILES string of the molecule is Cc1cc(Cl)ccc1-n1cnc2c(sc3nccc(N(C)C)c32)c1=O. The van der Waals surface area contributed by atoms with Crippen molar-refractivity contribution in [1.82, 2.24) is 14.5 Å². The number of fused-ring (bicyclic) bond motifs is 3. The Morgan fingerprint density at radius 1 is 1.20 bits per heavy atom. The molecule has 0 aliphatic heterocycles. The van der Waals surface area contributed by atoms with E-state index in [0.29, 0.717) is 15.2 Å². The number of aromatic nitrogens is 3. The van der Waals surface area contributed by atoms with Gasteiger partial charge in [0, 0.05) is 25.3 Å². The van der Waals surface area contributed by atoms with E-state index >= 15 is 0 Å². The largest absolute Gasteiger partial charge is 0.377 e. The van der Waals surface area contributed by atoms with E-state index in [4.69, 9.17) is 11.6 Å². The number of halogens is 1. The first-order valence-electron chi connectivity index (χ1n) is 7.70. The summed E-state index contributed by atoms with van der Waals surface area (Å²) in [6, 6.07) is 7.38. The summed E-state index contributed by atoms with van der Waals surface area (Å²) in [4.78, 5) is 24.9. The highest BCUT2D eigenvalue weighted by Crippen LogP contribution is 2.35. The van der Waals surface area contributed by atoms with Crippen LogP contribution in [0.5, 0.6) is 0 Å². The Kier molecular flexibility index (Phi) is 3.74. The van der Waals surface area contributed by atoms with Crippen LogP contribution in [0.15, 0.2) is 41.6 Å². The molecule has 0 atom stereocenters. The van der Waals surface area contributed by atoms with Crippen LogP contribution in [0.1, 0.15) is 5.56 Å². The topological polar surface area (TPSA) is 51.0 Å². The van der Waals surface area contributed by atoms with Crippen molar-refractivity contribution < 1.29 is 0 Å². The van der Waals surface area contributed by atoms with Gasteiger partial charge in [0.15, 0.2) is 0 Å². The lowest BCUT2D eigenvalue weighted by Crippen LogP contribution is -2.18. The summed E-state index contributed by atoms with van der Waals surface area (Å²) in [6.45, 7) is 1.93. The molecule has 3 aromatic heterocycles. The Morgan fingerprint density at radius 2 is 2.00 bits per heavy atom. The lowest BCUT2D eigenvalue weighted by Gasteiger charge is -2.13. The Hall–Kier alpha value is -2.44. The summed E-state index contributed by atoms with van der Waals surface area (Å²) < 4.78 is 2.17. The minimum absolute atomic E-state index is 0.0943. The number of aryl methyl sites for hydroxylation is 1. The third kappa shape index (κ3) is 2.49. The molecule has 0 spiro atoms. The Bertz CT molecular complexity index is 1180. The van der Waals surface area contributed by atoms with E-state index in [9.17, 15) is 4.79 Å². The monoisotopic (exact) mass is 370 g/mol. The second-order valence-corrected chi connectivity index (χ2v) is 7.47.